The summed E-state index contributed by atoms with van der Waals surface area (Å²) in [6, 6.07) is 11.9. The Labute approximate surface area is 122 Å². The molecule has 0 saturated heterocycles. The van der Waals surface area contributed by atoms with Crippen LogP contribution in [0.2, 0.25) is 0 Å². The average Bonchev–Trinajstić information content (AvgIpc) is 2.69. The summed E-state index contributed by atoms with van der Waals surface area (Å²) in [5.74, 6) is -0.601. The van der Waals surface area contributed by atoms with Crippen LogP contribution in [0, 0.1) is 17.1 Å². The van der Waals surface area contributed by atoms with Crippen molar-refractivity contribution in [1.82, 2.24) is 0 Å². The third-order valence-corrected chi connectivity index (χ3v) is 3.94. The number of hydrogen-bond acceptors (Lipinski definition) is 2. The molecule has 1 aliphatic rings. The minimum atomic E-state index is -0.644. The molecule has 0 fully saturated rings. The minimum Gasteiger partial charge on any atom is -0.325 e. The van der Waals surface area contributed by atoms with Crippen LogP contribution in [-0.2, 0) is 10.2 Å². The number of benzene rings is 2. The Balaban J connectivity index is 2.18. The molecule has 0 radical (unpaired) electrons. The maximum absolute atomic E-state index is 14.3. The van der Waals surface area contributed by atoms with Crippen LogP contribution in [0.3, 0.4) is 0 Å². The molecule has 21 heavy (non-hydrogen) atoms. The molecule has 0 spiro atoms. The Hall–Kier alpha value is -2.67. The number of carbonyl (C=O) groups excluding carboxylic acids is 1. The second kappa shape index (κ2) is 4.42. The fourth-order valence-electron chi connectivity index (χ4n) is 2.58. The lowest BCUT2D eigenvalue weighted by Crippen LogP contribution is -2.26. The van der Waals surface area contributed by atoms with Gasteiger partial charge in [0.05, 0.1) is 11.0 Å². The van der Waals surface area contributed by atoms with E-state index in [1.807, 2.05) is 26.0 Å². The van der Waals surface area contributed by atoms with Crippen molar-refractivity contribution >= 4 is 11.6 Å². The summed E-state index contributed by atoms with van der Waals surface area (Å²) in [5, 5.41) is 11.7. The number of carbonyl (C=O) groups is 1. The van der Waals surface area contributed by atoms with Crippen molar-refractivity contribution in [2.24, 2.45) is 0 Å². The van der Waals surface area contributed by atoms with Crippen LogP contribution in [-0.4, -0.2) is 5.91 Å². The van der Waals surface area contributed by atoms with E-state index in [-0.39, 0.29) is 11.5 Å². The van der Waals surface area contributed by atoms with Gasteiger partial charge in [0.1, 0.15) is 11.9 Å². The first kappa shape index (κ1) is 13.3. The zero-order valence-corrected chi connectivity index (χ0v) is 11.7. The number of fused-ring (bicyclic) bond motifs is 1. The van der Waals surface area contributed by atoms with Gasteiger partial charge < -0.3 is 5.32 Å². The van der Waals surface area contributed by atoms with Crippen molar-refractivity contribution in [3.05, 3.63) is 53.3 Å². The predicted octanol–water partition coefficient (Wildman–Crippen LogP) is 3.59. The number of nitriles is 1. The molecular formula is C17H13FN2O. The molecule has 3 nitrogen and oxygen atoms in total. The van der Waals surface area contributed by atoms with E-state index in [1.165, 1.54) is 6.07 Å². The summed E-state index contributed by atoms with van der Waals surface area (Å²) in [4.78, 5) is 11.9. The summed E-state index contributed by atoms with van der Waals surface area (Å²) >= 11 is 0. The quantitative estimate of drug-likeness (QED) is 0.867. The van der Waals surface area contributed by atoms with Gasteiger partial charge in [-0.2, -0.15) is 5.26 Å². The Kier molecular flexibility index (Phi) is 2.80. The van der Waals surface area contributed by atoms with Crippen molar-refractivity contribution in [2.45, 2.75) is 19.3 Å². The van der Waals surface area contributed by atoms with Crippen molar-refractivity contribution in [1.29, 1.82) is 5.26 Å². The third-order valence-electron chi connectivity index (χ3n) is 3.94. The van der Waals surface area contributed by atoms with E-state index in [0.717, 1.165) is 11.3 Å². The first-order chi connectivity index (χ1) is 9.95. The van der Waals surface area contributed by atoms with Crippen molar-refractivity contribution in [3.8, 4) is 17.2 Å². The SMILES string of the molecule is CC1(C)C(=O)Nc2ccc(-c3cccc(C#N)c3F)cc21. The van der Waals surface area contributed by atoms with Gasteiger partial charge in [0.25, 0.3) is 0 Å². The molecule has 1 N–H and O–H groups in total. The monoisotopic (exact) mass is 280 g/mol. The van der Waals surface area contributed by atoms with Crippen molar-refractivity contribution < 1.29 is 9.18 Å². The summed E-state index contributed by atoms with van der Waals surface area (Å²) in [6.45, 7) is 3.67. The maximum atomic E-state index is 14.3. The smallest absolute Gasteiger partial charge is 0.234 e. The van der Waals surface area contributed by atoms with Gasteiger partial charge in [-0.3, -0.25) is 4.79 Å². The normalized spacial score (nSPS) is 15.2. The molecule has 1 heterocycles. The maximum Gasteiger partial charge on any atom is 0.234 e. The molecule has 0 aromatic heterocycles. The van der Waals surface area contributed by atoms with Crippen LogP contribution in [0.5, 0.6) is 0 Å². The van der Waals surface area contributed by atoms with Gasteiger partial charge in [-0.1, -0.05) is 18.2 Å². The Morgan fingerprint density at radius 3 is 2.71 bits per heavy atom. The number of nitrogens with zero attached hydrogens (tertiary/aromatic N) is 1. The Morgan fingerprint density at radius 1 is 1.24 bits per heavy atom. The van der Waals surface area contributed by atoms with E-state index in [4.69, 9.17) is 5.26 Å². The fourth-order valence-corrected chi connectivity index (χ4v) is 2.58. The molecule has 3 rings (SSSR count). The van der Waals surface area contributed by atoms with Crippen LogP contribution in [0.4, 0.5) is 10.1 Å². The Morgan fingerprint density at radius 2 is 2.00 bits per heavy atom. The molecule has 2 aromatic rings. The lowest BCUT2D eigenvalue weighted by molar-refractivity contribution is -0.119. The second-order valence-electron chi connectivity index (χ2n) is 5.62. The molecule has 4 heteroatoms. The highest BCUT2D eigenvalue weighted by Crippen LogP contribution is 2.40. The number of amides is 1. The molecule has 0 saturated carbocycles. The topological polar surface area (TPSA) is 52.9 Å². The van der Waals surface area contributed by atoms with Gasteiger partial charge in [-0.15, -0.1) is 0 Å². The standard InChI is InChI=1S/C17H13FN2O/c1-17(2)13-8-10(6-7-14(13)20-16(17)21)12-5-3-4-11(9-19)15(12)18/h3-8H,1-2H3,(H,20,21). The zero-order chi connectivity index (χ0) is 15.2. The van der Waals surface area contributed by atoms with Gasteiger partial charge >= 0.3 is 0 Å². The molecule has 0 bridgehead atoms. The molecule has 1 amide bonds. The van der Waals surface area contributed by atoms with E-state index < -0.39 is 11.2 Å². The lowest BCUT2D eigenvalue weighted by atomic mass is 9.84. The van der Waals surface area contributed by atoms with E-state index in [2.05, 4.69) is 5.32 Å². The van der Waals surface area contributed by atoms with Gasteiger partial charge in [0, 0.05) is 11.3 Å². The van der Waals surface area contributed by atoms with E-state index in [9.17, 15) is 9.18 Å². The van der Waals surface area contributed by atoms with Crippen LogP contribution < -0.4 is 5.32 Å². The van der Waals surface area contributed by atoms with Gasteiger partial charge in [-0.25, -0.2) is 4.39 Å². The molecular weight excluding hydrogens is 267 g/mol. The summed E-state index contributed by atoms with van der Waals surface area (Å²) < 4.78 is 14.3. The highest BCUT2D eigenvalue weighted by molar-refractivity contribution is 6.06. The molecule has 2 aromatic carbocycles. The largest absolute Gasteiger partial charge is 0.325 e. The fraction of sp³-hybridized carbons (Fsp3) is 0.176. The summed E-state index contributed by atoms with van der Waals surface area (Å²) in [6.07, 6.45) is 0. The summed E-state index contributed by atoms with van der Waals surface area (Å²) in [5.41, 5.74) is 1.99. The molecule has 1 aliphatic heterocycles. The third kappa shape index (κ3) is 1.90. The first-order valence-corrected chi connectivity index (χ1v) is 6.60. The average molecular weight is 280 g/mol. The number of halogens is 1. The lowest BCUT2D eigenvalue weighted by Gasteiger charge is -2.16. The highest BCUT2D eigenvalue weighted by Gasteiger charge is 2.38. The first-order valence-electron chi connectivity index (χ1n) is 6.60. The van der Waals surface area contributed by atoms with Gasteiger partial charge in [0.15, 0.2) is 0 Å². The molecule has 0 unspecified atom stereocenters. The predicted molar refractivity (Wildman–Crippen MR) is 78.2 cm³/mol. The number of rotatable bonds is 1. The summed E-state index contributed by atoms with van der Waals surface area (Å²) in [7, 11) is 0. The molecule has 0 aliphatic carbocycles. The highest BCUT2D eigenvalue weighted by atomic mass is 19.1. The van der Waals surface area contributed by atoms with Gasteiger partial charge in [-0.05, 0) is 43.2 Å². The van der Waals surface area contributed by atoms with E-state index in [1.54, 1.807) is 24.3 Å². The number of nitrogens with one attached hydrogen (secondary N) is 1. The van der Waals surface area contributed by atoms with Crippen molar-refractivity contribution in [3.63, 3.8) is 0 Å². The minimum absolute atomic E-state index is 0.0152. The zero-order valence-electron chi connectivity index (χ0n) is 11.7. The van der Waals surface area contributed by atoms with E-state index >= 15 is 0 Å². The second-order valence-corrected chi connectivity index (χ2v) is 5.62. The Bertz CT molecular complexity index is 803. The van der Waals surface area contributed by atoms with Crippen LogP contribution >= 0.6 is 0 Å². The molecule has 0 atom stereocenters. The van der Waals surface area contributed by atoms with Gasteiger partial charge in [0.2, 0.25) is 5.91 Å². The van der Waals surface area contributed by atoms with Crippen LogP contribution in [0.25, 0.3) is 11.1 Å². The van der Waals surface area contributed by atoms with E-state index in [0.29, 0.717) is 11.1 Å². The number of anilines is 1. The van der Waals surface area contributed by atoms with Crippen molar-refractivity contribution in [2.75, 3.05) is 5.32 Å². The number of hydrogen-bond donors (Lipinski definition) is 1. The van der Waals surface area contributed by atoms with Crippen LogP contribution in [0.1, 0.15) is 25.0 Å². The van der Waals surface area contributed by atoms with Crippen LogP contribution in [0.15, 0.2) is 36.4 Å². The molecule has 104 valence electrons.